The van der Waals surface area contributed by atoms with Crippen molar-refractivity contribution in [2.24, 2.45) is 7.05 Å². The molecular weight excluding hydrogens is 326 g/mol. The van der Waals surface area contributed by atoms with Crippen LogP contribution in [0.3, 0.4) is 0 Å². The van der Waals surface area contributed by atoms with Crippen LogP contribution >= 0.6 is 0 Å². The van der Waals surface area contributed by atoms with E-state index in [1.54, 1.807) is 0 Å². The zero-order valence-corrected chi connectivity index (χ0v) is 14.7. The van der Waals surface area contributed by atoms with Gasteiger partial charge in [0.05, 0.1) is 5.56 Å². The third kappa shape index (κ3) is 3.40. The van der Waals surface area contributed by atoms with Crippen LogP contribution in [0.15, 0.2) is 65.6 Å². The normalized spacial score (nSPS) is 10.5. The molecule has 0 unspecified atom stereocenters. The highest BCUT2D eigenvalue weighted by molar-refractivity contribution is 5.98. The fraction of sp³-hybridized carbons (Fsp3) is 0.136. The molecule has 0 saturated carbocycles. The predicted molar refractivity (Wildman–Crippen MR) is 102 cm³/mol. The summed E-state index contributed by atoms with van der Waals surface area (Å²) in [6.07, 6.45) is 2.18. The SMILES string of the molecule is Cc1c(CC(=O)c2cc(C=O)cn(C)c2=O)cccc1-c1ccccc1. The summed E-state index contributed by atoms with van der Waals surface area (Å²) >= 11 is 0. The van der Waals surface area contributed by atoms with Crippen molar-refractivity contribution in [3.8, 4) is 11.1 Å². The van der Waals surface area contributed by atoms with Crippen molar-refractivity contribution < 1.29 is 9.59 Å². The Balaban J connectivity index is 1.98. The van der Waals surface area contributed by atoms with Gasteiger partial charge in [-0.15, -0.1) is 0 Å². The topological polar surface area (TPSA) is 56.1 Å². The summed E-state index contributed by atoms with van der Waals surface area (Å²) in [4.78, 5) is 36.0. The summed E-state index contributed by atoms with van der Waals surface area (Å²) in [6.45, 7) is 1.98. The fourth-order valence-corrected chi connectivity index (χ4v) is 3.08. The fourth-order valence-electron chi connectivity index (χ4n) is 3.08. The second-order valence-electron chi connectivity index (χ2n) is 6.28. The van der Waals surface area contributed by atoms with Gasteiger partial charge >= 0.3 is 0 Å². The van der Waals surface area contributed by atoms with E-state index in [9.17, 15) is 14.4 Å². The van der Waals surface area contributed by atoms with Gasteiger partial charge in [-0.1, -0.05) is 48.5 Å². The molecule has 0 N–H and O–H groups in total. The van der Waals surface area contributed by atoms with Gasteiger partial charge in [-0.3, -0.25) is 14.4 Å². The number of aryl methyl sites for hydroxylation is 1. The lowest BCUT2D eigenvalue weighted by Crippen LogP contribution is -2.25. The van der Waals surface area contributed by atoms with Crippen LogP contribution in [0.25, 0.3) is 11.1 Å². The minimum Gasteiger partial charge on any atom is -0.317 e. The molecule has 0 aliphatic heterocycles. The lowest BCUT2D eigenvalue weighted by molar-refractivity contribution is 0.0991. The number of hydrogen-bond donors (Lipinski definition) is 0. The maximum atomic E-state index is 12.7. The quantitative estimate of drug-likeness (QED) is 0.524. The summed E-state index contributed by atoms with van der Waals surface area (Å²) in [5.41, 5.74) is 3.98. The molecule has 0 fully saturated rings. The number of aldehydes is 1. The number of pyridine rings is 1. The van der Waals surface area contributed by atoms with Crippen molar-refractivity contribution in [2.75, 3.05) is 0 Å². The van der Waals surface area contributed by atoms with E-state index in [2.05, 4.69) is 0 Å². The Kier molecular flexibility index (Phi) is 4.94. The van der Waals surface area contributed by atoms with Crippen LogP contribution in [0.2, 0.25) is 0 Å². The van der Waals surface area contributed by atoms with Gasteiger partial charge in [-0.2, -0.15) is 0 Å². The Bertz CT molecular complexity index is 1030. The number of carbonyl (C=O) groups is 2. The van der Waals surface area contributed by atoms with E-state index >= 15 is 0 Å². The average molecular weight is 345 g/mol. The van der Waals surface area contributed by atoms with Crippen molar-refractivity contribution >= 4 is 12.1 Å². The molecule has 1 heterocycles. The third-order valence-electron chi connectivity index (χ3n) is 4.52. The molecule has 1 aromatic heterocycles. The van der Waals surface area contributed by atoms with Gasteiger partial charge in [0.25, 0.3) is 5.56 Å². The number of Topliss-reactive ketones (excluding diaryl/α,β-unsaturated/α-hetero) is 1. The first-order valence-electron chi connectivity index (χ1n) is 8.34. The molecule has 130 valence electrons. The van der Waals surface area contributed by atoms with Gasteiger partial charge in [0.2, 0.25) is 0 Å². The Hall–Kier alpha value is -3.27. The third-order valence-corrected chi connectivity index (χ3v) is 4.52. The summed E-state index contributed by atoms with van der Waals surface area (Å²) in [7, 11) is 1.54. The van der Waals surface area contributed by atoms with Crippen LogP contribution in [0.5, 0.6) is 0 Å². The van der Waals surface area contributed by atoms with E-state index in [-0.39, 0.29) is 17.8 Å². The molecular formula is C22H19NO3. The molecule has 4 heteroatoms. The van der Waals surface area contributed by atoms with Gasteiger partial charge in [0, 0.05) is 25.2 Å². The molecule has 3 rings (SSSR count). The van der Waals surface area contributed by atoms with E-state index in [0.717, 1.165) is 22.3 Å². The summed E-state index contributed by atoms with van der Waals surface area (Å²) in [5.74, 6) is -0.289. The summed E-state index contributed by atoms with van der Waals surface area (Å²) in [6, 6.07) is 17.2. The number of benzene rings is 2. The lowest BCUT2D eigenvalue weighted by Gasteiger charge is -2.12. The maximum absolute atomic E-state index is 12.7. The number of nitrogens with zero attached hydrogens (tertiary/aromatic N) is 1. The molecule has 0 spiro atoms. The molecule has 4 nitrogen and oxygen atoms in total. The maximum Gasteiger partial charge on any atom is 0.261 e. The van der Waals surface area contributed by atoms with Crippen molar-refractivity contribution in [1.82, 2.24) is 4.57 Å². The first-order valence-corrected chi connectivity index (χ1v) is 8.34. The molecule has 0 radical (unpaired) electrons. The first kappa shape index (κ1) is 17.5. The van der Waals surface area contributed by atoms with Crippen LogP contribution < -0.4 is 5.56 Å². The van der Waals surface area contributed by atoms with E-state index < -0.39 is 5.56 Å². The van der Waals surface area contributed by atoms with Gasteiger partial charge in [-0.25, -0.2) is 0 Å². The molecule has 0 bridgehead atoms. The molecule has 0 aliphatic carbocycles. The average Bonchev–Trinajstić information content (AvgIpc) is 2.66. The van der Waals surface area contributed by atoms with E-state index in [1.807, 2.05) is 55.5 Å². The largest absolute Gasteiger partial charge is 0.317 e. The van der Waals surface area contributed by atoms with Gasteiger partial charge in [0.1, 0.15) is 0 Å². The highest BCUT2D eigenvalue weighted by Gasteiger charge is 2.16. The number of carbonyl (C=O) groups excluding carboxylic acids is 2. The zero-order valence-electron chi connectivity index (χ0n) is 14.7. The molecule has 26 heavy (non-hydrogen) atoms. The highest BCUT2D eigenvalue weighted by atomic mass is 16.1. The number of hydrogen-bond acceptors (Lipinski definition) is 3. The highest BCUT2D eigenvalue weighted by Crippen LogP contribution is 2.26. The second-order valence-corrected chi connectivity index (χ2v) is 6.28. The van der Waals surface area contributed by atoms with Crippen LogP contribution in [0.4, 0.5) is 0 Å². The monoisotopic (exact) mass is 345 g/mol. The minimum absolute atomic E-state index is 0.0432. The Morgan fingerprint density at radius 2 is 1.81 bits per heavy atom. The molecule has 0 atom stereocenters. The van der Waals surface area contributed by atoms with E-state index in [0.29, 0.717) is 11.8 Å². The van der Waals surface area contributed by atoms with Crippen molar-refractivity contribution in [2.45, 2.75) is 13.3 Å². The Morgan fingerprint density at radius 1 is 1.08 bits per heavy atom. The smallest absolute Gasteiger partial charge is 0.261 e. The van der Waals surface area contributed by atoms with Crippen molar-refractivity contribution in [1.29, 1.82) is 0 Å². The van der Waals surface area contributed by atoms with Crippen LogP contribution in [0, 0.1) is 6.92 Å². The molecule has 2 aromatic carbocycles. The second kappa shape index (κ2) is 7.31. The number of rotatable bonds is 5. The van der Waals surface area contributed by atoms with Crippen LogP contribution in [-0.2, 0) is 13.5 Å². The number of ketones is 1. The standard InChI is InChI=1S/C22H19NO3/c1-15-18(9-6-10-19(15)17-7-4-3-5-8-17)12-21(25)20-11-16(14-24)13-23(2)22(20)26/h3-11,13-14H,12H2,1-2H3. The zero-order chi connectivity index (χ0) is 18.7. The van der Waals surface area contributed by atoms with Gasteiger partial charge < -0.3 is 4.57 Å². The summed E-state index contributed by atoms with van der Waals surface area (Å²) < 4.78 is 1.27. The van der Waals surface area contributed by atoms with Crippen LogP contribution in [-0.4, -0.2) is 16.6 Å². The van der Waals surface area contributed by atoms with E-state index in [4.69, 9.17) is 0 Å². The van der Waals surface area contributed by atoms with Crippen LogP contribution in [0.1, 0.15) is 31.8 Å². The molecule has 0 amide bonds. The van der Waals surface area contributed by atoms with Crippen molar-refractivity contribution in [3.63, 3.8) is 0 Å². The molecule has 0 aliphatic rings. The first-order chi connectivity index (χ1) is 12.5. The van der Waals surface area contributed by atoms with E-state index in [1.165, 1.54) is 23.9 Å². The Labute approximate surface area is 151 Å². The minimum atomic E-state index is -0.391. The molecule has 0 saturated heterocycles. The summed E-state index contributed by atoms with van der Waals surface area (Å²) in [5, 5.41) is 0. The van der Waals surface area contributed by atoms with Gasteiger partial charge in [-0.05, 0) is 35.2 Å². The number of aromatic nitrogens is 1. The Morgan fingerprint density at radius 3 is 2.50 bits per heavy atom. The lowest BCUT2D eigenvalue weighted by atomic mass is 9.93. The predicted octanol–water partition coefficient (Wildman–Crippen LogP) is 3.60. The van der Waals surface area contributed by atoms with Gasteiger partial charge in [0.15, 0.2) is 12.1 Å². The van der Waals surface area contributed by atoms with Crippen molar-refractivity contribution in [3.05, 3.63) is 93.4 Å². The molecule has 3 aromatic rings.